The normalized spacial score (nSPS) is 20.9. The van der Waals surface area contributed by atoms with Crippen molar-refractivity contribution in [2.45, 2.75) is 32.3 Å². The average Bonchev–Trinajstić information content (AvgIpc) is 2.75. The maximum atomic E-state index is 11.4. The molecule has 2 atom stereocenters. The van der Waals surface area contributed by atoms with Crippen LogP contribution in [0.15, 0.2) is 0 Å². The first-order valence-electron chi connectivity index (χ1n) is 5.93. The predicted octanol–water partition coefficient (Wildman–Crippen LogP) is 0.575. The number of carbonyl (C=O) groups excluding carboxylic acids is 1. The number of carbonyl (C=O) groups is 2. The molecule has 3 N–H and O–H groups in total. The van der Waals surface area contributed by atoms with Gasteiger partial charge >= 0.3 is 12.0 Å². The molecule has 2 amide bonds. The molecule has 1 heterocycles. The lowest BCUT2D eigenvalue weighted by Gasteiger charge is -2.13. The lowest BCUT2D eigenvalue weighted by Crippen LogP contribution is -2.41. The van der Waals surface area contributed by atoms with Gasteiger partial charge in [0.2, 0.25) is 0 Å². The predicted molar refractivity (Wildman–Crippen MR) is 61.8 cm³/mol. The molecule has 0 radical (unpaired) electrons. The van der Waals surface area contributed by atoms with Crippen LogP contribution in [0.4, 0.5) is 4.79 Å². The Labute approximate surface area is 101 Å². The van der Waals surface area contributed by atoms with E-state index in [-0.39, 0.29) is 24.5 Å². The zero-order chi connectivity index (χ0) is 12.7. The molecule has 1 saturated heterocycles. The molecule has 0 aliphatic carbocycles. The minimum absolute atomic E-state index is 0.0615. The second-order valence-electron chi connectivity index (χ2n) is 4.43. The maximum absolute atomic E-state index is 11.4. The van der Waals surface area contributed by atoms with Crippen LogP contribution in [0.25, 0.3) is 0 Å². The summed E-state index contributed by atoms with van der Waals surface area (Å²) < 4.78 is 5.36. The van der Waals surface area contributed by atoms with Gasteiger partial charge in [-0.25, -0.2) is 4.79 Å². The summed E-state index contributed by atoms with van der Waals surface area (Å²) in [7, 11) is 0. The van der Waals surface area contributed by atoms with Gasteiger partial charge < -0.3 is 20.5 Å². The van der Waals surface area contributed by atoms with Crippen LogP contribution in [-0.4, -0.2) is 42.9 Å². The highest BCUT2D eigenvalue weighted by atomic mass is 16.5. The van der Waals surface area contributed by atoms with Crippen LogP contribution in [-0.2, 0) is 9.53 Å². The highest BCUT2D eigenvalue weighted by molar-refractivity contribution is 5.74. The molecular weight excluding hydrogens is 224 g/mol. The van der Waals surface area contributed by atoms with E-state index in [9.17, 15) is 9.59 Å². The number of rotatable bonds is 6. The highest BCUT2D eigenvalue weighted by Gasteiger charge is 2.16. The van der Waals surface area contributed by atoms with Gasteiger partial charge in [-0.15, -0.1) is 0 Å². The second kappa shape index (κ2) is 7.11. The van der Waals surface area contributed by atoms with Crippen molar-refractivity contribution in [2.75, 3.05) is 19.7 Å². The van der Waals surface area contributed by atoms with Crippen molar-refractivity contribution >= 4 is 12.0 Å². The molecule has 6 heteroatoms. The van der Waals surface area contributed by atoms with Gasteiger partial charge in [0.1, 0.15) is 0 Å². The summed E-state index contributed by atoms with van der Waals surface area (Å²) in [6.07, 6.45) is 2.21. The minimum Gasteiger partial charge on any atom is -0.481 e. The molecule has 6 nitrogen and oxygen atoms in total. The number of urea groups is 1. The first kappa shape index (κ1) is 13.8. The molecule has 0 aromatic carbocycles. The van der Waals surface area contributed by atoms with E-state index >= 15 is 0 Å². The van der Waals surface area contributed by atoms with Crippen molar-refractivity contribution in [2.24, 2.45) is 5.92 Å². The summed E-state index contributed by atoms with van der Waals surface area (Å²) in [5.74, 6) is -0.917. The third kappa shape index (κ3) is 6.11. The van der Waals surface area contributed by atoms with Crippen LogP contribution >= 0.6 is 0 Å². The van der Waals surface area contributed by atoms with Gasteiger partial charge in [0.25, 0.3) is 0 Å². The van der Waals surface area contributed by atoms with E-state index in [4.69, 9.17) is 9.84 Å². The van der Waals surface area contributed by atoms with Gasteiger partial charge in [-0.2, -0.15) is 0 Å². The molecule has 0 spiro atoms. The molecular formula is C11H20N2O4. The SMILES string of the molecule is CC(CNC(=O)NCC1CCCO1)CC(=O)O. The Kier molecular flexibility index (Phi) is 5.76. The van der Waals surface area contributed by atoms with Gasteiger partial charge in [-0.1, -0.05) is 6.92 Å². The number of ether oxygens (including phenoxy) is 1. The van der Waals surface area contributed by atoms with Gasteiger partial charge in [0, 0.05) is 26.1 Å². The fourth-order valence-corrected chi connectivity index (χ4v) is 1.71. The summed E-state index contributed by atoms with van der Waals surface area (Å²) in [4.78, 5) is 21.8. The number of amides is 2. The Morgan fingerprint density at radius 1 is 1.47 bits per heavy atom. The van der Waals surface area contributed by atoms with Crippen LogP contribution in [0.1, 0.15) is 26.2 Å². The molecule has 1 aliphatic rings. The topological polar surface area (TPSA) is 87.7 Å². The summed E-state index contributed by atoms with van der Waals surface area (Å²) in [6.45, 7) is 3.43. The Morgan fingerprint density at radius 3 is 2.82 bits per heavy atom. The van der Waals surface area contributed by atoms with E-state index < -0.39 is 5.97 Å². The summed E-state index contributed by atoms with van der Waals surface area (Å²) >= 11 is 0. The van der Waals surface area contributed by atoms with Crippen LogP contribution < -0.4 is 10.6 Å². The fourth-order valence-electron chi connectivity index (χ4n) is 1.71. The summed E-state index contributed by atoms with van der Waals surface area (Å²) in [5.41, 5.74) is 0. The average molecular weight is 244 g/mol. The van der Waals surface area contributed by atoms with Gasteiger partial charge in [-0.3, -0.25) is 4.79 Å². The molecule has 1 rings (SSSR count). The Bertz CT molecular complexity index is 264. The van der Waals surface area contributed by atoms with Crippen molar-refractivity contribution < 1.29 is 19.4 Å². The lowest BCUT2D eigenvalue weighted by molar-refractivity contribution is -0.137. The maximum Gasteiger partial charge on any atom is 0.314 e. The van der Waals surface area contributed by atoms with Crippen molar-refractivity contribution in [1.29, 1.82) is 0 Å². The molecule has 1 aliphatic heterocycles. The van der Waals surface area contributed by atoms with Crippen LogP contribution in [0, 0.1) is 5.92 Å². The number of aliphatic carboxylic acids is 1. The quantitative estimate of drug-likeness (QED) is 0.637. The van der Waals surface area contributed by atoms with Crippen LogP contribution in [0.2, 0.25) is 0 Å². The van der Waals surface area contributed by atoms with E-state index in [1.807, 2.05) is 0 Å². The van der Waals surface area contributed by atoms with Crippen LogP contribution in [0.5, 0.6) is 0 Å². The lowest BCUT2D eigenvalue weighted by atomic mass is 10.1. The van der Waals surface area contributed by atoms with Crippen molar-refractivity contribution in [3.8, 4) is 0 Å². The van der Waals surface area contributed by atoms with Gasteiger partial charge in [0.15, 0.2) is 0 Å². The van der Waals surface area contributed by atoms with E-state index in [1.165, 1.54) is 0 Å². The van der Waals surface area contributed by atoms with Crippen molar-refractivity contribution in [1.82, 2.24) is 10.6 Å². The second-order valence-corrected chi connectivity index (χ2v) is 4.43. The number of hydrogen-bond donors (Lipinski definition) is 3. The van der Waals surface area contributed by atoms with Gasteiger partial charge in [-0.05, 0) is 18.8 Å². The first-order valence-corrected chi connectivity index (χ1v) is 5.93. The van der Waals surface area contributed by atoms with E-state index in [2.05, 4.69) is 10.6 Å². The Hall–Kier alpha value is -1.30. The van der Waals surface area contributed by atoms with Gasteiger partial charge in [0.05, 0.1) is 6.10 Å². The molecule has 2 unspecified atom stereocenters. The monoisotopic (exact) mass is 244 g/mol. The molecule has 0 saturated carbocycles. The summed E-state index contributed by atoms with van der Waals surface area (Å²) in [6, 6.07) is -0.266. The molecule has 98 valence electrons. The minimum atomic E-state index is -0.848. The Morgan fingerprint density at radius 2 is 2.24 bits per heavy atom. The molecule has 1 fully saturated rings. The first-order chi connectivity index (χ1) is 8.08. The number of carboxylic acid groups (broad SMARTS) is 1. The Balaban J connectivity index is 2.05. The molecule has 0 aromatic rings. The van der Waals surface area contributed by atoms with Crippen molar-refractivity contribution in [3.05, 3.63) is 0 Å². The molecule has 17 heavy (non-hydrogen) atoms. The largest absolute Gasteiger partial charge is 0.481 e. The van der Waals surface area contributed by atoms with E-state index in [0.29, 0.717) is 13.1 Å². The van der Waals surface area contributed by atoms with Crippen LogP contribution in [0.3, 0.4) is 0 Å². The highest BCUT2D eigenvalue weighted by Crippen LogP contribution is 2.10. The van der Waals surface area contributed by atoms with Crippen molar-refractivity contribution in [3.63, 3.8) is 0 Å². The number of hydrogen-bond acceptors (Lipinski definition) is 3. The number of nitrogens with one attached hydrogen (secondary N) is 2. The zero-order valence-corrected chi connectivity index (χ0v) is 10.1. The summed E-state index contributed by atoms with van der Waals surface area (Å²) in [5, 5.41) is 13.9. The third-order valence-electron chi connectivity index (χ3n) is 2.65. The van der Waals surface area contributed by atoms with E-state index in [0.717, 1.165) is 19.4 Å². The zero-order valence-electron chi connectivity index (χ0n) is 10.1. The smallest absolute Gasteiger partial charge is 0.314 e. The molecule has 0 bridgehead atoms. The van der Waals surface area contributed by atoms with E-state index in [1.54, 1.807) is 6.92 Å². The number of carboxylic acids is 1. The fraction of sp³-hybridized carbons (Fsp3) is 0.818. The molecule has 0 aromatic heterocycles. The standard InChI is InChI=1S/C11H20N2O4/c1-8(5-10(14)15)6-12-11(16)13-7-9-3-2-4-17-9/h8-9H,2-7H2,1H3,(H,14,15)(H2,12,13,16). The third-order valence-corrected chi connectivity index (χ3v) is 2.65.